The molecule has 0 spiro atoms. The Bertz CT molecular complexity index is 3130. The standard InChI is InChI=1S/C50H58N10O6/c1-33(2)45-38(28-42-49(63)53-40(47(61)55-42)26-34-8-4-3-5-9-34)51-31-59(45)19-7-17-58-22-25-66-30-44(58)36-12-10-35(11-13-36)27-41-48(62)56-43(50(64)54-41)29-39-46(37-14-15-37)60(32-52-39)18-6-16-57-20-23-65-24-21-57/h3-5,8-13,26-29,31-33,37,44H,6-7,14-25,30H2,1-2H3,(H,53,63)(H,54,64)(H,55,61)(H,56,62)/b40-26-,41-27-,42-28-,43-29-. The van der Waals surface area contributed by atoms with Gasteiger partial charge in [-0.1, -0.05) is 68.4 Å². The summed E-state index contributed by atoms with van der Waals surface area (Å²) in [7, 11) is 0. The first-order valence-corrected chi connectivity index (χ1v) is 23.2. The first kappa shape index (κ1) is 44.7. The lowest BCUT2D eigenvalue weighted by Gasteiger charge is -2.36. The number of imidazole rings is 2. The Labute approximate surface area is 380 Å². The molecule has 344 valence electrons. The molecule has 1 aliphatic carbocycles. The molecule has 6 aromatic rings. The van der Waals surface area contributed by atoms with Gasteiger partial charge in [-0.2, -0.15) is 0 Å². The average Bonchev–Trinajstić information content (AvgIpc) is 3.96. The van der Waals surface area contributed by atoms with E-state index in [9.17, 15) is 19.2 Å². The molecule has 2 aromatic carbocycles. The Kier molecular flexibility index (Phi) is 13.8. The van der Waals surface area contributed by atoms with Gasteiger partial charge in [0.2, 0.25) is 0 Å². The minimum absolute atomic E-state index is 0.0431. The van der Waals surface area contributed by atoms with E-state index in [1.165, 1.54) is 0 Å². The van der Waals surface area contributed by atoms with Gasteiger partial charge in [-0.05, 0) is 72.6 Å². The fourth-order valence-electron chi connectivity index (χ4n) is 9.13. The molecule has 6 heterocycles. The van der Waals surface area contributed by atoms with Crippen LogP contribution in [0.5, 0.6) is 0 Å². The molecule has 0 radical (unpaired) electrons. The molecule has 2 saturated heterocycles. The summed E-state index contributed by atoms with van der Waals surface area (Å²) in [4.78, 5) is 78.0. The monoisotopic (exact) mass is 894 g/mol. The van der Waals surface area contributed by atoms with Crippen molar-refractivity contribution in [2.75, 3.05) is 59.2 Å². The van der Waals surface area contributed by atoms with Crippen LogP contribution in [0, 0.1) is 0 Å². The largest absolute Gasteiger partial charge is 0.379 e. The Hall–Kier alpha value is -6.46. The smallest absolute Gasteiger partial charge is 0.272 e. The maximum absolute atomic E-state index is 13.3. The Morgan fingerprint density at radius 2 is 1.17 bits per heavy atom. The molecule has 1 saturated carbocycles. The van der Waals surface area contributed by atoms with E-state index in [2.05, 4.69) is 74.8 Å². The number of hydrogen-bond acceptors (Lipinski definition) is 10. The van der Waals surface area contributed by atoms with E-state index >= 15 is 0 Å². The van der Waals surface area contributed by atoms with Gasteiger partial charge < -0.3 is 38.5 Å². The lowest BCUT2D eigenvalue weighted by atomic mass is 10.0. The number of aryl methyl sites for hydroxylation is 2. The average molecular weight is 895 g/mol. The molecule has 3 aliphatic rings. The highest BCUT2D eigenvalue weighted by Gasteiger charge is 2.30. The van der Waals surface area contributed by atoms with Gasteiger partial charge >= 0.3 is 0 Å². The molecule has 4 N–H and O–H groups in total. The van der Waals surface area contributed by atoms with E-state index in [0.717, 1.165) is 112 Å². The van der Waals surface area contributed by atoms with Gasteiger partial charge in [0.05, 0.1) is 56.5 Å². The third-order valence-corrected chi connectivity index (χ3v) is 12.7. The number of aromatic nitrogens is 8. The molecular weight excluding hydrogens is 837 g/mol. The zero-order valence-electron chi connectivity index (χ0n) is 37.6. The summed E-state index contributed by atoms with van der Waals surface area (Å²) < 4.78 is 15.8. The summed E-state index contributed by atoms with van der Waals surface area (Å²) in [5.74, 6) is 0.530. The minimum Gasteiger partial charge on any atom is -0.379 e. The van der Waals surface area contributed by atoms with Crippen LogP contribution >= 0.6 is 0 Å². The highest BCUT2D eigenvalue weighted by atomic mass is 16.5. The van der Waals surface area contributed by atoms with Gasteiger partial charge in [-0.25, -0.2) is 9.97 Å². The number of hydrogen-bond donors (Lipinski definition) is 4. The van der Waals surface area contributed by atoms with Crippen molar-refractivity contribution < 1.29 is 9.47 Å². The molecule has 0 amide bonds. The van der Waals surface area contributed by atoms with E-state index in [0.29, 0.717) is 31.4 Å². The number of benzene rings is 2. The first-order chi connectivity index (χ1) is 32.2. The van der Waals surface area contributed by atoms with Crippen molar-refractivity contribution in [3.8, 4) is 0 Å². The second-order valence-corrected chi connectivity index (χ2v) is 17.8. The van der Waals surface area contributed by atoms with Crippen LogP contribution in [-0.4, -0.2) is 108 Å². The van der Waals surface area contributed by atoms with Crippen LogP contribution in [0.3, 0.4) is 0 Å². The van der Waals surface area contributed by atoms with Crippen LogP contribution in [0.1, 0.15) is 96.9 Å². The van der Waals surface area contributed by atoms with Gasteiger partial charge in [0, 0.05) is 63.1 Å². The Morgan fingerprint density at radius 1 is 0.621 bits per heavy atom. The SMILES string of the molecule is CC(C)c1c(/C=c2\[nH]c(=O)/c(=C/c3ccccc3)[nH]c2=O)ncn1CCCN1CCOCC1c1ccc(/C=c2\[nH]c(=O)/c(=C/c3ncn(CCCN4CCOCC4)c3C3CC3)[nH]c2=O)cc1. The molecule has 1 atom stereocenters. The van der Waals surface area contributed by atoms with Crippen LogP contribution in [0.4, 0.5) is 0 Å². The molecule has 0 bridgehead atoms. The number of rotatable bonds is 15. The summed E-state index contributed by atoms with van der Waals surface area (Å²) in [5, 5.41) is 0.704. The molecule has 9 rings (SSSR count). The summed E-state index contributed by atoms with van der Waals surface area (Å²) in [5.41, 5.74) is 4.64. The molecule has 2 aliphatic heterocycles. The fraction of sp³-hybridized carbons (Fsp3) is 0.400. The second kappa shape index (κ2) is 20.4. The zero-order valence-corrected chi connectivity index (χ0v) is 37.6. The van der Waals surface area contributed by atoms with Gasteiger partial charge in [0.25, 0.3) is 22.2 Å². The predicted molar refractivity (Wildman–Crippen MR) is 253 cm³/mol. The van der Waals surface area contributed by atoms with E-state index in [-0.39, 0.29) is 50.0 Å². The van der Waals surface area contributed by atoms with Crippen LogP contribution < -0.4 is 43.6 Å². The van der Waals surface area contributed by atoms with Crippen molar-refractivity contribution in [2.45, 2.75) is 70.5 Å². The summed E-state index contributed by atoms with van der Waals surface area (Å²) in [6, 6.07) is 17.4. The summed E-state index contributed by atoms with van der Waals surface area (Å²) in [6.07, 6.45) is 14.4. The van der Waals surface area contributed by atoms with Crippen molar-refractivity contribution in [3.63, 3.8) is 0 Å². The van der Waals surface area contributed by atoms with Crippen LogP contribution in [0.2, 0.25) is 0 Å². The number of nitrogens with zero attached hydrogens (tertiary/aromatic N) is 6. The van der Waals surface area contributed by atoms with E-state index < -0.39 is 5.56 Å². The number of H-pyrrole nitrogens is 4. The molecule has 66 heavy (non-hydrogen) atoms. The van der Waals surface area contributed by atoms with Crippen molar-refractivity contribution in [3.05, 3.63) is 170 Å². The van der Waals surface area contributed by atoms with E-state index in [4.69, 9.17) is 9.47 Å². The highest BCUT2D eigenvalue weighted by molar-refractivity contribution is 5.51. The maximum atomic E-state index is 13.3. The minimum atomic E-state index is -0.398. The van der Waals surface area contributed by atoms with Crippen molar-refractivity contribution >= 4 is 24.3 Å². The maximum Gasteiger partial charge on any atom is 0.272 e. The number of aromatic amines is 4. The third kappa shape index (κ3) is 10.6. The topological polar surface area (TPSA) is 192 Å². The Balaban J connectivity index is 0.855. The quantitative estimate of drug-likeness (QED) is 0.117. The lowest BCUT2D eigenvalue weighted by molar-refractivity contribution is -0.00932. The number of nitrogens with one attached hydrogen (secondary N) is 4. The van der Waals surface area contributed by atoms with Crippen molar-refractivity contribution in [2.24, 2.45) is 0 Å². The van der Waals surface area contributed by atoms with Gasteiger partial charge in [0.15, 0.2) is 0 Å². The van der Waals surface area contributed by atoms with Crippen LogP contribution in [-0.2, 0) is 22.6 Å². The van der Waals surface area contributed by atoms with Crippen molar-refractivity contribution in [1.29, 1.82) is 0 Å². The fourth-order valence-corrected chi connectivity index (χ4v) is 9.13. The Morgan fingerprint density at radius 3 is 1.80 bits per heavy atom. The molecular formula is C50H58N10O6. The second-order valence-electron chi connectivity index (χ2n) is 17.8. The van der Waals surface area contributed by atoms with Crippen LogP contribution in [0.15, 0.2) is 86.4 Å². The van der Waals surface area contributed by atoms with Crippen LogP contribution in [0.25, 0.3) is 24.3 Å². The first-order valence-electron chi connectivity index (χ1n) is 23.2. The summed E-state index contributed by atoms with van der Waals surface area (Å²) in [6.45, 7) is 13.1. The van der Waals surface area contributed by atoms with Gasteiger partial charge in [-0.3, -0.25) is 29.0 Å². The van der Waals surface area contributed by atoms with E-state index in [1.54, 1.807) is 30.6 Å². The molecule has 3 fully saturated rings. The zero-order chi connectivity index (χ0) is 45.6. The number of ether oxygens (including phenoxy) is 2. The van der Waals surface area contributed by atoms with E-state index in [1.807, 2.05) is 48.8 Å². The predicted octanol–water partition coefficient (Wildman–Crippen LogP) is 1.33. The molecule has 1 unspecified atom stereocenters. The summed E-state index contributed by atoms with van der Waals surface area (Å²) >= 11 is 0. The van der Waals surface area contributed by atoms with Gasteiger partial charge in [-0.15, -0.1) is 0 Å². The normalized spacial score (nSPS) is 18.6. The van der Waals surface area contributed by atoms with Gasteiger partial charge in [0.1, 0.15) is 21.4 Å². The molecule has 16 heteroatoms. The molecule has 16 nitrogen and oxygen atoms in total. The number of morpholine rings is 2. The lowest BCUT2D eigenvalue weighted by Crippen LogP contribution is -2.46. The molecule has 4 aromatic heterocycles. The van der Waals surface area contributed by atoms with Crippen molar-refractivity contribution in [1.82, 2.24) is 48.8 Å². The third-order valence-electron chi connectivity index (χ3n) is 12.7. The highest BCUT2D eigenvalue weighted by Crippen LogP contribution is 2.41.